The van der Waals surface area contributed by atoms with Crippen LogP contribution < -0.4 is 10.5 Å². The van der Waals surface area contributed by atoms with Gasteiger partial charge in [0.05, 0.1) is 0 Å². The summed E-state index contributed by atoms with van der Waals surface area (Å²) >= 11 is 5.73. The second-order valence-corrected chi connectivity index (χ2v) is 5.20. The number of nitrogens with one attached hydrogen (secondary N) is 1. The highest BCUT2D eigenvalue weighted by Gasteiger charge is 2.12. The fourth-order valence-electron chi connectivity index (χ4n) is 2.45. The SMILES string of the molecule is O=c1[nH]c(-c2ccc(N3CCCC3)cc2)ccc1Cl. The Morgan fingerprint density at radius 2 is 1.68 bits per heavy atom. The van der Waals surface area contributed by atoms with Gasteiger partial charge in [-0.2, -0.15) is 0 Å². The first-order valence-electron chi connectivity index (χ1n) is 6.48. The number of benzene rings is 1. The molecule has 0 bridgehead atoms. The van der Waals surface area contributed by atoms with E-state index in [1.807, 2.05) is 18.2 Å². The zero-order valence-corrected chi connectivity index (χ0v) is 11.3. The molecule has 0 atom stereocenters. The average Bonchev–Trinajstić information content (AvgIpc) is 2.96. The van der Waals surface area contributed by atoms with Crippen LogP contribution in [0, 0.1) is 0 Å². The molecule has 1 fully saturated rings. The first-order valence-corrected chi connectivity index (χ1v) is 6.86. The van der Waals surface area contributed by atoms with E-state index in [1.165, 1.54) is 18.5 Å². The first-order chi connectivity index (χ1) is 9.24. The number of rotatable bonds is 2. The number of hydrogen-bond donors (Lipinski definition) is 1. The van der Waals surface area contributed by atoms with Crippen LogP contribution in [0.3, 0.4) is 0 Å². The number of H-pyrrole nitrogens is 1. The highest BCUT2D eigenvalue weighted by molar-refractivity contribution is 6.30. The summed E-state index contributed by atoms with van der Waals surface area (Å²) < 4.78 is 0. The van der Waals surface area contributed by atoms with Crippen molar-refractivity contribution in [3.63, 3.8) is 0 Å². The van der Waals surface area contributed by atoms with Crippen molar-refractivity contribution in [1.29, 1.82) is 0 Å². The molecule has 19 heavy (non-hydrogen) atoms. The normalized spacial score (nSPS) is 14.9. The molecular formula is C15H15ClN2O. The molecule has 1 aromatic heterocycles. The third-order valence-corrected chi connectivity index (χ3v) is 3.81. The summed E-state index contributed by atoms with van der Waals surface area (Å²) in [7, 11) is 0. The third kappa shape index (κ3) is 2.51. The van der Waals surface area contributed by atoms with Crippen molar-refractivity contribution in [1.82, 2.24) is 4.98 Å². The molecule has 1 aromatic carbocycles. The van der Waals surface area contributed by atoms with Gasteiger partial charge in [0.25, 0.3) is 5.56 Å². The van der Waals surface area contributed by atoms with Gasteiger partial charge in [0, 0.05) is 24.5 Å². The zero-order chi connectivity index (χ0) is 13.2. The van der Waals surface area contributed by atoms with Gasteiger partial charge < -0.3 is 9.88 Å². The van der Waals surface area contributed by atoms with E-state index in [0.29, 0.717) is 0 Å². The molecule has 3 nitrogen and oxygen atoms in total. The Morgan fingerprint density at radius 3 is 2.32 bits per heavy atom. The van der Waals surface area contributed by atoms with Crippen LogP contribution in [0.25, 0.3) is 11.3 Å². The minimum absolute atomic E-state index is 0.220. The predicted octanol–water partition coefficient (Wildman–Crippen LogP) is 3.30. The molecule has 1 saturated heterocycles. The zero-order valence-electron chi connectivity index (χ0n) is 10.5. The van der Waals surface area contributed by atoms with E-state index in [1.54, 1.807) is 6.07 Å². The molecule has 1 aliphatic heterocycles. The van der Waals surface area contributed by atoms with E-state index in [2.05, 4.69) is 22.0 Å². The molecule has 0 unspecified atom stereocenters. The quantitative estimate of drug-likeness (QED) is 0.912. The Labute approximate surface area is 116 Å². The number of aromatic nitrogens is 1. The van der Waals surface area contributed by atoms with Crippen LogP contribution in [0.5, 0.6) is 0 Å². The van der Waals surface area contributed by atoms with E-state index in [9.17, 15) is 4.79 Å². The lowest BCUT2D eigenvalue weighted by Crippen LogP contribution is -2.17. The fraction of sp³-hybridized carbons (Fsp3) is 0.267. The van der Waals surface area contributed by atoms with E-state index in [4.69, 9.17) is 11.6 Å². The maximum Gasteiger partial charge on any atom is 0.267 e. The maximum absolute atomic E-state index is 11.5. The monoisotopic (exact) mass is 274 g/mol. The Kier molecular flexibility index (Phi) is 3.30. The van der Waals surface area contributed by atoms with Crippen molar-refractivity contribution in [3.8, 4) is 11.3 Å². The van der Waals surface area contributed by atoms with Crippen molar-refractivity contribution in [2.75, 3.05) is 18.0 Å². The van der Waals surface area contributed by atoms with Crippen LogP contribution in [-0.2, 0) is 0 Å². The van der Waals surface area contributed by atoms with Gasteiger partial charge in [-0.05, 0) is 42.7 Å². The van der Waals surface area contributed by atoms with Gasteiger partial charge in [-0.15, -0.1) is 0 Å². The van der Waals surface area contributed by atoms with Crippen LogP contribution >= 0.6 is 11.6 Å². The number of nitrogens with zero attached hydrogens (tertiary/aromatic N) is 1. The third-order valence-electron chi connectivity index (χ3n) is 3.51. The van der Waals surface area contributed by atoms with Gasteiger partial charge in [-0.3, -0.25) is 4.79 Å². The number of hydrogen-bond acceptors (Lipinski definition) is 2. The molecule has 0 amide bonds. The smallest absolute Gasteiger partial charge is 0.267 e. The number of halogens is 1. The van der Waals surface area contributed by atoms with Crippen LogP contribution in [-0.4, -0.2) is 18.1 Å². The average molecular weight is 275 g/mol. The molecule has 4 heteroatoms. The van der Waals surface area contributed by atoms with Crippen LogP contribution in [0.15, 0.2) is 41.2 Å². The lowest BCUT2D eigenvalue weighted by molar-refractivity contribution is 0.949. The molecular weight excluding hydrogens is 260 g/mol. The van der Waals surface area contributed by atoms with Gasteiger partial charge >= 0.3 is 0 Å². The van der Waals surface area contributed by atoms with E-state index in [-0.39, 0.29) is 10.6 Å². The van der Waals surface area contributed by atoms with Crippen molar-refractivity contribution in [2.24, 2.45) is 0 Å². The fourth-order valence-corrected chi connectivity index (χ4v) is 2.56. The summed E-state index contributed by atoms with van der Waals surface area (Å²) in [6.45, 7) is 2.27. The number of anilines is 1. The van der Waals surface area contributed by atoms with Crippen molar-refractivity contribution in [2.45, 2.75) is 12.8 Å². The van der Waals surface area contributed by atoms with Gasteiger partial charge in [0.2, 0.25) is 0 Å². The Balaban J connectivity index is 1.89. The largest absolute Gasteiger partial charge is 0.372 e. The van der Waals surface area contributed by atoms with Gasteiger partial charge in [-0.25, -0.2) is 0 Å². The number of pyridine rings is 1. The highest BCUT2D eigenvalue weighted by Crippen LogP contribution is 2.24. The molecule has 2 aromatic rings. The maximum atomic E-state index is 11.5. The molecule has 2 heterocycles. The van der Waals surface area contributed by atoms with Gasteiger partial charge in [-0.1, -0.05) is 23.7 Å². The molecule has 0 spiro atoms. The van der Waals surface area contributed by atoms with Crippen molar-refractivity contribution < 1.29 is 0 Å². The molecule has 1 aliphatic rings. The Hall–Kier alpha value is -1.74. The molecule has 98 valence electrons. The lowest BCUT2D eigenvalue weighted by atomic mass is 10.1. The standard InChI is InChI=1S/C15H15ClN2O/c16-13-7-8-14(17-15(13)19)11-3-5-12(6-4-11)18-9-1-2-10-18/h3-8H,1-2,9-10H2,(H,17,19). The predicted molar refractivity (Wildman–Crippen MR) is 79.0 cm³/mol. The summed E-state index contributed by atoms with van der Waals surface area (Å²) in [5.41, 5.74) is 2.79. The summed E-state index contributed by atoms with van der Waals surface area (Å²) in [5.74, 6) is 0. The Bertz CT molecular complexity index is 627. The second kappa shape index (κ2) is 5.10. The van der Waals surface area contributed by atoms with Crippen molar-refractivity contribution in [3.05, 3.63) is 51.8 Å². The van der Waals surface area contributed by atoms with Gasteiger partial charge in [0.1, 0.15) is 5.02 Å². The lowest BCUT2D eigenvalue weighted by Gasteiger charge is -2.17. The van der Waals surface area contributed by atoms with Crippen LogP contribution in [0.1, 0.15) is 12.8 Å². The molecule has 0 aliphatic carbocycles. The van der Waals surface area contributed by atoms with Gasteiger partial charge in [0.15, 0.2) is 0 Å². The Morgan fingerprint density at radius 1 is 1.00 bits per heavy atom. The minimum Gasteiger partial charge on any atom is -0.372 e. The van der Waals surface area contributed by atoms with E-state index >= 15 is 0 Å². The second-order valence-electron chi connectivity index (χ2n) is 4.79. The van der Waals surface area contributed by atoms with Crippen molar-refractivity contribution >= 4 is 17.3 Å². The molecule has 0 radical (unpaired) electrons. The van der Waals surface area contributed by atoms with E-state index < -0.39 is 0 Å². The molecule has 1 N–H and O–H groups in total. The molecule has 0 saturated carbocycles. The summed E-state index contributed by atoms with van der Waals surface area (Å²) in [6.07, 6.45) is 2.54. The van der Waals surface area contributed by atoms with Crippen LogP contribution in [0.2, 0.25) is 5.02 Å². The van der Waals surface area contributed by atoms with E-state index in [0.717, 1.165) is 24.3 Å². The van der Waals surface area contributed by atoms with Crippen LogP contribution in [0.4, 0.5) is 5.69 Å². The summed E-state index contributed by atoms with van der Waals surface area (Å²) in [5, 5.41) is 0.220. The summed E-state index contributed by atoms with van der Waals surface area (Å²) in [6, 6.07) is 11.7. The topological polar surface area (TPSA) is 36.1 Å². The first kappa shape index (κ1) is 12.3. The minimum atomic E-state index is -0.247. The number of aromatic amines is 1. The summed E-state index contributed by atoms with van der Waals surface area (Å²) in [4.78, 5) is 16.7. The highest BCUT2D eigenvalue weighted by atomic mass is 35.5. The molecule has 3 rings (SSSR count).